The van der Waals surface area contributed by atoms with Crippen molar-refractivity contribution in [2.45, 2.75) is 13.8 Å². The minimum atomic E-state index is -0.152. The van der Waals surface area contributed by atoms with Gasteiger partial charge in [-0.1, -0.05) is 6.07 Å². The molecule has 27 heavy (non-hydrogen) atoms. The molecule has 0 spiro atoms. The predicted molar refractivity (Wildman–Crippen MR) is 113 cm³/mol. The van der Waals surface area contributed by atoms with E-state index in [2.05, 4.69) is 10.6 Å². The molecular formula is C20H25N3O3S. The van der Waals surface area contributed by atoms with Gasteiger partial charge in [-0.15, -0.1) is 0 Å². The maximum Gasteiger partial charge on any atom is 0.243 e. The number of hydrogen-bond donors (Lipinski definition) is 2. The second-order valence-corrected chi connectivity index (χ2v) is 6.07. The van der Waals surface area contributed by atoms with Gasteiger partial charge in [0, 0.05) is 24.0 Å². The number of anilines is 2. The number of benzene rings is 2. The fourth-order valence-electron chi connectivity index (χ4n) is 2.41. The highest BCUT2D eigenvalue weighted by Gasteiger charge is 2.13. The number of likely N-dealkylation sites (N-methyl/N-ethyl adjacent to an activating group) is 1. The third kappa shape index (κ3) is 6.45. The van der Waals surface area contributed by atoms with E-state index in [0.717, 1.165) is 11.4 Å². The molecule has 1 amide bonds. The first kappa shape index (κ1) is 20.5. The second kappa shape index (κ2) is 10.4. The summed E-state index contributed by atoms with van der Waals surface area (Å²) in [4.78, 5) is 14.2. The van der Waals surface area contributed by atoms with Gasteiger partial charge in [0.15, 0.2) is 5.11 Å². The van der Waals surface area contributed by atoms with E-state index < -0.39 is 0 Å². The first-order chi connectivity index (χ1) is 13.0. The molecule has 6 nitrogen and oxygen atoms in total. The van der Waals surface area contributed by atoms with Crippen molar-refractivity contribution >= 4 is 34.6 Å². The highest BCUT2D eigenvalue weighted by atomic mass is 32.1. The van der Waals surface area contributed by atoms with E-state index in [0.29, 0.717) is 29.7 Å². The molecule has 0 atom stereocenters. The SMILES string of the molecule is CCOc1ccc(NC(=S)N(CC)CC(=O)Nc2cccc(OC)c2)cc1. The molecule has 0 heterocycles. The normalized spacial score (nSPS) is 10.0. The Kier molecular flexibility index (Phi) is 7.88. The van der Waals surface area contributed by atoms with E-state index >= 15 is 0 Å². The molecule has 7 heteroatoms. The van der Waals surface area contributed by atoms with Crippen molar-refractivity contribution in [2.75, 3.05) is 37.4 Å². The van der Waals surface area contributed by atoms with Gasteiger partial charge in [-0.25, -0.2) is 0 Å². The third-order valence-corrected chi connectivity index (χ3v) is 4.13. The number of nitrogens with zero attached hydrogens (tertiary/aromatic N) is 1. The van der Waals surface area contributed by atoms with Crippen molar-refractivity contribution < 1.29 is 14.3 Å². The maximum absolute atomic E-state index is 12.4. The van der Waals surface area contributed by atoms with Crippen LogP contribution in [0.15, 0.2) is 48.5 Å². The summed E-state index contributed by atoms with van der Waals surface area (Å²) < 4.78 is 10.6. The summed E-state index contributed by atoms with van der Waals surface area (Å²) in [6.07, 6.45) is 0. The van der Waals surface area contributed by atoms with Gasteiger partial charge in [0.2, 0.25) is 5.91 Å². The van der Waals surface area contributed by atoms with Crippen LogP contribution in [0.5, 0.6) is 11.5 Å². The molecule has 2 aromatic carbocycles. The minimum absolute atomic E-state index is 0.149. The Morgan fingerprint density at radius 3 is 2.41 bits per heavy atom. The molecule has 0 aliphatic carbocycles. The van der Waals surface area contributed by atoms with E-state index in [1.54, 1.807) is 18.1 Å². The van der Waals surface area contributed by atoms with Crippen LogP contribution in [0.1, 0.15) is 13.8 Å². The molecule has 2 rings (SSSR count). The fourth-order valence-corrected chi connectivity index (χ4v) is 2.72. The molecule has 0 aliphatic heterocycles. The van der Waals surface area contributed by atoms with E-state index in [9.17, 15) is 4.79 Å². The number of thiocarbonyl (C=S) groups is 1. The Hall–Kier alpha value is -2.80. The number of ether oxygens (including phenoxy) is 2. The van der Waals surface area contributed by atoms with Crippen LogP contribution in [0.3, 0.4) is 0 Å². The highest BCUT2D eigenvalue weighted by Crippen LogP contribution is 2.17. The Balaban J connectivity index is 1.92. The average molecular weight is 388 g/mol. The lowest BCUT2D eigenvalue weighted by Gasteiger charge is -2.24. The van der Waals surface area contributed by atoms with Crippen LogP contribution in [0.2, 0.25) is 0 Å². The number of nitrogens with one attached hydrogen (secondary N) is 2. The standard InChI is InChI=1S/C20H25N3O3S/c1-4-23(14-19(24)21-16-7-6-8-18(13-16)25-3)20(27)22-15-9-11-17(12-10-15)26-5-2/h6-13H,4-5,14H2,1-3H3,(H,21,24)(H,22,27). The number of carbonyl (C=O) groups is 1. The Labute approximate surface area is 165 Å². The van der Waals surface area contributed by atoms with Crippen LogP contribution in [-0.2, 0) is 4.79 Å². The summed E-state index contributed by atoms with van der Waals surface area (Å²) in [5.41, 5.74) is 1.52. The van der Waals surface area contributed by atoms with Crippen LogP contribution in [0, 0.1) is 0 Å². The highest BCUT2D eigenvalue weighted by molar-refractivity contribution is 7.80. The molecule has 0 radical (unpaired) electrons. The molecule has 0 bridgehead atoms. The van der Waals surface area contributed by atoms with Crippen molar-refractivity contribution in [3.05, 3.63) is 48.5 Å². The van der Waals surface area contributed by atoms with Crippen LogP contribution in [0.4, 0.5) is 11.4 Å². The van der Waals surface area contributed by atoms with E-state index in [4.69, 9.17) is 21.7 Å². The van der Waals surface area contributed by atoms with Crippen LogP contribution < -0.4 is 20.1 Å². The Bertz CT molecular complexity index is 765. The predicted octanol–water partition coefficient (Wildman–Crippen LogP) is 3.75. The van der Waals surface area contributed by atoms with Crippen LogP contribution in [0.25, 0.3) is 0 Å². The number of rotatable bonds is 8. The van der Waals surface area contributed by atoms with Crippen LogP contribution in [-0.4, -0.2) is 42.7 Å². The molecule has 0 saturated heterocycles. The van der Waals surface area contributed by atoms with Gasteiger partial charge in [-0.2, -0.15) is 0 Å². The monoisotopic (exact) mass is 387 g/mol. The average Bonchev–Trinajstić information content (AvgIpc) is 2.68. The molecule has 0 fully saturated rings. The van der Waals surface area contributed by atoms with Gasteiger partial charge < -0.3 is 25.0 Å². The summed E-state index contributed by atoms with van der Waals surface area (Å²) in [7, 11) is 1.59. The van der Waals surface area contributed by atoms with Gasteiger partial charge in [-0.3, -0.25) is 4.79 Å². The molecule has 0 unspecified atom stereocenters. The molecular weight excluding hydrogens is 362 g/mol. The lowest BCUT2D eigenvalue weighted by atomic mass is 10.3. The quantitative estimate of drug-likeness (QED) is 0.673. The molecule has 144 valence electrons. The van der Waals surface area contributed by atoms with E-state index in [1.807, 2.05) is 56.3 Å². The number of hydrogen-bond acceptors (Lipinski definition) is 4. The summed E-state index contributed by atoms with van der Waals surface area (Å²) in [5.74, 6) is 1.34. The fraction of sp³-hybridized carbons (Fsp3) is 0.300. The second-order valence-electron chi connectivity index (χ2n) is 5.68. The molecule has 0 saturated carbocycles. The van der Waals surface area contributed by atoms with Crippen LogP contribution >= 0.6 is 12.2 Å². The Morgan fingerprint density at radius 2 is 1.78 bits per heavy atom. The molecule has 0 aromatic heterocycles. The van der Waals surface area contributed by atoms with Crippen molar-refractivity contribution in [2.24, 2.45) is 0 Å². The Morgan fingerprint density at radius 1 is 1.04 bits per heavy atom. The largest absolute Gasteiger partial charge is 0.497 e. The van der Waals surface area contributed by atoms with Gasteiger partial charge >= 0.3 is 0 Å². The van der Waals surface area contributed by atoms with E-state index in [1.165, 1.54) is 0 Å². The van der Waals surface area contributed by atoms with Gasteiger partial charge in [0.1, 0.15) is 11.5 Å². The number of amides is 1. The summed E-state index contributed by atoms with van der Waals surface area (Å²) >= 11 is 5.45. The maximum atomic E-state index is 12.4. The zero-order valence-electron chi connectivity index (χ0n) is 15.8. The minimum Gasteiger partial charge on any atom is -0.497 e. The zero-order chi connectivity index (χ0) is 19.6. The van der Waals surface area contributed by atoms with Gasteiger partial charge in [0.25, 0.3) is 0 Å². The van der Waals surface area contributed by atoms with E-state index in [-0.39, 0.29) is 12.5 Å². The molecule has 2 aromatic rings. The van der Waals surface area contributed by atoms with Crippen molar-refractivity contribution in [3.8, 4) is 11.5 Å². The smallest absolute Gasteiger partial charge is 0.243 e. The lowest BCUT2D eigenvalue weighted by molar-refractivity contribution is -0.116. The molecule has 2 N–H and O–H groups in total. The summed E-state index contributed by atoms with van der Waals surface area (Å²) in [6.45, 7) is 5.27. The zero-order valence-corrected chi connectivity index (χ0v) is 16.6. The van der Waals surface area contributed by atoms with Crippen molar-refractivity contribution in [1.82, 2.24) is 4.90 Å². The topological polar surface area (TPSA) is 62.8 Å². The van der Waals surface area contributed by atoms with Gasteiger partial charge in [0.05, 0.1) is 20.3 Å². The number of carbonyl (C=O) groups excluding carboxylic acids is 1. The van der Waals surface area contributed by atoms with Gasteiger partial charge in [-0.05, 0) is 62.5 Å². The number of methoxy groups -OCH3 is 1. The summed E-state index contributed by atoms with van der Waals surface area (Å²) in [6, 6.07) is 14.8. The third-order valence-electron chi connectivity index (χ3n) is 3.77. The lowest BCUT2D eigenvalue weighted by Crippen LogP contribution is -2.40. The van der Waals surface area contributed by atoms with Crippen molar-refractivity contribution in [1.29, 1.82) is 0 Å². The first-order valence-corrected chi connectivity index (χ1v) is 9.19. The summed E-state index contributed by atoms with van der Waals surface area (Å²) in [5, 5.41) is 6.50. The first-order valence-electron chi connectivity index (χ1n) is 8.78. The molecule has 0 aliphatic rings. The van der Waals surface area contributed by atoms with Crippen molar-refractivity contribution in [3.63, 3.8) is 0 Å².